The second kappa shape index (κ2) is 2.46. The standard InChI is InChI=1S/C7H11N3S/c8-3-5-6(4-1-2-4)10-7(9)11-5/h4H,1-3,8H2,(H2,9,10). The lowest BCUT2D eigenvalue weighted by Gasteiger charge is -1.92. The zero-order valence-electron chi connectivity index (χ0n) is 6.21. The first-order valence-electron chi connectivity index (χ1n) is 3.76. The molecule has 0 amide bonds. The molecule has 2 rings (SSSR count). The Kier molecular flexibility index (Phi) is 1.58. The summed E-state index contributed by atoms with van der Waals surface area (Å²) in [5, 5.41) is 0.660. The molecule has 11 heavy (non-hydrogen) atoms. The third kappa shape index (κ3) is 1.23. The number of nitrogen functional groups attached to an aromatic ring is 1. The maximum absolute atomic E-state index is 5.57. The lowest BCUT2D eigenvalue weighted by Crippen LogP contribution is -1.96. The molecule has 4 heteroatoms. The molecule has 1 aliphatic carbocycles. The van der Waals surface area contributed by atoms with Crippen molar-refractivity contribution in [1.29, 1.82) is 0 Å². The maximum Gasteiger partial charge on any atom is 0.180 e. The van der Waals surface area contributed by atoms with Crippen molar-refractivity contribution in [2.24, 2.45) is 5.73 Å². The third-order valence-corrected chi connectivity index (χ3v) is 2.82. The molecule has 1 saturated carbocycles. The van der Waals surface area contributed by atoms with Crippen molar-refractivity contribution < 1.29 is 0 Å². The highest BCUT2D eigenvalue weighted by molar-refractivity contribution is 7.15. The van der Waals surface area contributed by atoms with Crippen LogP contribution in [0.5, 0.6) is 0 Å². The Hall–Kier alpha value is -0.610. The molecule has 0 aromatic carbocycles. The number of hydrogen-bond acceptors (Lipinski definition) is 4. The Bertz CT molecular complexity index is 265. The van der Waals surface area contributed by atoms with Gasteiger partial charge >= 0.3 is 0 Å². The number of nitrogens with two attached hydrogens (primary N) is 2. The van der Waals surface area contributed by atoms with Gasteiger partial charge in [0, 0.05) is 17.3 Å². The summed E-state index contributed by atoms with van der Waals surface area (Å²) >= 11 is 1.52. The van der Waals surface area contributed by atoms with E-state index in [-0.39, 0.29) is 0 Å². The summed E-state index contributed by atoms with van der Waals surface area (Å²) in [7, 11) is 0. The fraction of sp³-hybridized carbons (Fsp3) is 0.571. The molecule has 0 spiro atoms. The van der Waals surface area contributed by atoms with E-state index in [2.05, 4.69) is 4.98 Å². The van der Waals surface area contributed by atoms with Crippen molar-refractivity contribution >= 4 is 16.5 Å². The van der Waals surface area contributed by atoms with Gasteiger partial charge in [0.15, 0.2) is 5.13 Å². The van der Waals surface area contributed by atoms with E-state index in [1.165, 1.54) is 29.1 Å². The van der Waals surface area contributed by atoms with Crippen molar-refractivity contribution in [1.82, 2.24) is 4.98 Å². The van der Waals surface area contributed by atoms with Gasteiger partial charge in [-0.1, -0.05) is 0 Å². The Labute approximate surface area is 69.4 Å². The van der Waals surface area contributed by atoms with Gasteiger partial charge in [0.2, 0.25) is 0 Å². The fourth-order valence-electron chi connectivity index (χ4n) is 1.20. The Morgan fingerprint density at radius 2 is 2.27 bits per heavy atom. The van der Waals surface area contributed by atoms with Crippen molar-refractivity contribution in [2.45, 2.75) is 25.3 Å². The second-order valence-electron chi connectivity index (χ2n) is 2.84. The minimum absolute atomic E-state index is 0.584. The van der Waals surface area contributed by atoms with E-state index in [0.717, 1.165) is 5.69 Å². The molecule has 0 radical (unpaired) electrons. The molecule has 1 aromatic rings. The number of thiazole rings is 1. The Morgan fingerprint density at radius 3 is 2.82 bits per heavy atom. The van der Waals surface area contributed by atoms with E-state index in [1.54, 1.807) is 0 Å². The van der Waals surface area contributed by atoms with Gasteiger partial charge in [0.1, 0.15) is 0 Å². The summed E-state index contributed by atoms with van der Waals surface area (Å²) in [4.78, 5) is 5.43. The summed E-state index contributed by atoms with van der Waals surface area (Å²) in [6, 6.07) is 0. The number of anilines is 1. The highest BCUT2D eigenvalue weighted by atomic mass is 32.1. The summed E-state index contributed by atoms with van der Waals surface area (Å²) in [6.07, 6.45) is 2.52. The zero-order valence-corrected chi connectivity index (χ0v) is 7.03. The predicted octanol–water partition coefficient (Wildman–Crippen LogP) is 1.06. The van der Waals surface area contributed by atoms with Gasteiger partial charge in [0.05, 0.1) is 5.69 Å². The fourth-order valence-corrected chi connectivity index (χ4v) is 2.00. The summed E-state index contributed by atoms with van der Waals surface area (Å²) in [5.41, 5.74) is 12.3. The van der Waals surface area contributed by atoms with Crippen molar-refractivity contribution in [3.8, 4) is 0 Å². The lowest BCUT2D eigenvalue weighted by molar-refractivity contribution is 0.980. The number of aromatic nitrogens is 1. The Morgan fingerprint density at radius 1 is 1.55 bits per heavy atom. The topological polar surface area (TPSA) is 64.9 Å². The summed E-state index contributed by atoms with van der Waals surface area (Å²) in [6.45, 7) is 0.584. The van der Waals surface area contributed by atoms with Crippen LogP contribution in [0.25, 0.3) is 0 Å². The van der Waals surface area contributed by atoms with Crippen LogP contribution < -0.4 is 11.5 Å². The molecule has 0 atom stereocenters. The van der Waals surface area contributed by atoms with Crippen LogP contribution in [0.4, 0.5) is 5.13 Å². The average molecular weight is 169 g/mol. The van der Waals surface area contributed by atoms with Gasteiger partial charge in [-0.15, -0.1) is 11.3 Å². The second-order valence-corrected chi connectivity index (χ2v) is 3.95. The highest BCUT2D eigenvalue weighted by Crippen LogP contribution is 2.42. The SMILES string of the molecule is NCc1sc(N)nc1C1CC1. The molecular weight excluding hydrogens is 158 g/mol. The smallest absolute Gasteiger partial charge is 0.180 e. The molecule has 4 N–H and O–H groups in total. The number of rotatable bonds is 2. The molecule has 0 aliphatic heterocycles. The van der Waals surface area contributed by atoms with Gasteiger partial charge in [0.25, 0.3) is 0 Å². The van der Waals surface area contributed by atoms with Crippen LogP contribution in [0, 0.1) is 0 Å². The molecule has 1 fully saturated rings. The van der Waals surface area contributed by atoms with Gasteiger partial charge in [-0.25, -0.2) is 4.98 Å². The van der Waals surface area contributed by atoms with Crippen LogP contribution in [-0.4, -0.2) is 4.98 Å². The van der Waals surface area contributed by atoms with E-state index >= 15 is 0 Å². The van der Waals surface area contributed by atoms with E-state index in [0.29, 0.717) is 17.6 Å². The maximum atomic E-state index is 5.57. The number of hydrogen-bond donors (Lipinski definition) is 2. The first kappa shape index (κ1) is 7.06. The lowest BCUT2D eigenvalue weighted by atomic mass is 10.2. The van der Waals surface area contributed by atoms with E-state index < -0.39 is 0 Å². The molecule has 60 valence electrons. The third-order valence-electron chi connectivity index (χ3n) is 1.89. The Balaban J connectivity index is 2.34. The summed E-state index contributed by atoms with van der Waals surface area (Å²) in [5.74, 6) is 0.669. The average Bonchev–Trinajstić information content (AvgIpc) is 2.75. The van der Waals surface area contributed by atoms with Crippen molar-refractivity contribution in [2.75, 3.05) is 5.73 Å². The molecule has 1 aliphatic rings. The van der Waals surface area contributed by atoms with Crippen LogP contribution in [0.1, 0.15) is 29.3 Å². The van der Waals surface area contributed by atoms with Crippen LogP contribution in [0.3, 0.4) is 0 Å². The first-order valence-corrected chi connectivity index (χ1v) is 4.58. The molecule has 1 aromatic heterocycles. The highest BCUT2D eigenvalue weighted by Gasteiger charge is 2.28. The predicted molar refractivity (Wildman–Crippen MR) is 46.4 cm³/mol. The van der Waals surface area contributed by atoms with Gasteiger partial charge < -0.3 is 11.5 Å². The van der Waals surface area contributed by atoms with Gasteiger partial charge in [-0.3, -0.25) is 0 Å². The van der Waals surface area contributed by atoms with E-state index in [9.17, 15) is 0 Å². The largest absolute Gasteiger partial charge is 0.375 e. The van der Waals surface area contributed by atoms with Gasteiger partial charge in [-0.05, 0) is 12.8 Å². The zero-order chi connectivity index (χ0) is 7.84. The quantitative estimate of drug-likeness (QED) is 0.695. The van der Waals surface area contributed by atoms with E-state index in [4.69, 9.17) is 11.5 Å². The van der Waals surface area contributed by atoms with Crippen molar-refractivity contribution in [3.63, 3.8) is 0 Å². The number of nitrogens with zero attached hydrogens (tertiary/aromatic N) is 1. The molecule has 0 saturated heterocycles. The molecule has 0 bridgehead atoms. The van der Waals surface area contributed by atoms with E-state index in [1.807, 2.05) is 0 Å². The van der Waals surface area contributed by atoms with Crippen LogP contribution in [-0.2, 0) is 6.54 Å². The monoisotopic (exact) mass is 169 g/mol. The normalized spacial score (nSPS) is 17.2. The molecular formula is C7H11N3S. The minimum Gasteiger partial charge on any atom is -0.375 e. The van der Waals surface area contributed by atoms with Gasteiger partial charge in [-0.2, -0.15) is 0 Å². The van der Waals surface area contributed by atoms with Crippen molar-refractivity contribution in [3.05, 3.63) is 10.6 Å². The van der Waals surface area contributed by atoms with Crippen LogP contribution in [0.15, 0.2) is 0 Å². The molecule has 1 heterocycles. The first-order chi connectivity index (χ1) is 5.31. The molecule has 3 nitrogen and oxygen atoms in total. The molecule has 0 unspecified atom stereocenters. The minimum atomic E-state index is 0.584. The summed E-state index contributed by atoms with van der Waals surface area (Å²) < 4.78 is 0. The van der Waals surface area contributed by atoms with Crippen LogP contribution in [0.2, 0.25) is 0 Å². The van der Waals surface area contributed by atoms with Crippen LogP contribution >= 0.6 is 11.3 Å².